The molecule has 3 heteroatoms. The Labute approximate surface area is 112 Å². The minimum atomic E-state index is 0.514. The van der Waals surface area contributed by atoms with Gasteiger partial charge in [-0.25, -0.2) is 4.98 Å². The van der Waals surface area contributed by atoms with Gasteiger partial charge in [0.05, 0.1) is 0 Å². The molecule has 0 saturated heterocycles. The molecule has 0 fully saturated rings. The van der Waals surface area contributed by atoms with Gasteiger partial charge in [0.25, 0.3) is 0 Å². The lowest BCUT2D eigenvalue weighted by Crippen LogP contribution is -2.26. The standard InChI is InChI=1S/C15H27N3/c1-6-8-18(7-2)15-10-14(9-13(5)17-15)11-16-12(3)4/h9-10,12,16H,6-8,11H2,1-5H3. The highest BCUT2D eigenvalue weighted by molar-refractivity contribution is 5.42. The predicted octanol–water partition coefficient (Wildman–Crippen LogP) is 3.12. The first-order valence-corrected chi connectivity index (χ1v) is 7.02. The van der Waals surface area contributed by atoms with Crippen LogP contribution in [0.25, 0.3) is 0 Å². The summed E-state index contributed by atoms with van der Waals surface area (Å²) < 4.78 is 0. The fourth-order valence-corrected chi connectivity index (χ4v) is 2.01. The van der Waals surface area contributed by atoms with E-state index in [2.05, 4.69) is 62.0 Å². The van der Waals surface area contributed by atoms with Crippen molar-refractivity contribution in [2.24, 2.45) is 0 Å². The number of aryl methyl sites for hydroxylation is 1. The van der Waals surface area contributed by atoms with Gasteiger partial charge in [-0.05, 0) is 38.0 Å². The Balaban J connectivity index is 2.85. The number of nitrogens with zero attached hydrogens (tertiary/aromatic N) is 2. The molecule has 1 rings (SSSR count). The summed E-state index contributed by atoms with van der Waals surface area (Å²) in [5, 5.41) is 3.46. The zero-order valence-electron chi connectivity index (χ0n) is 12.5. The Morgan fingerprint density at radius 3 is 2.56 bits per heavy atom. The molecule has 0 aliphatic rings. The predicted molar refractivity (Wildman–Crippen MR) is 79.1 cm³/mol. The fraction of sp³-hybridized carbons (Fsp3) is 0.667. The third kappa shape index (κ3) is 4.65. The molecule has 0 spiro atoms. The van der Waals surface area contributed by atoms with Crippen molar-refractivity contribution in [2.45, 2.75) is 53.6 Å². The van der Waals surface area contributed by atoms with Gasteiger partial charge in [0.15, 0.2) is 0 Å². The highest BCUT2D eigenvalue weighted by Crippen LogP contribution is 2.15. The van der Waals surface area contributed by atoms with E-state index in [0.29, 0.717) is 6.04 Å². The molecule has 0 atom stereocenters. The molecule has 0 bridgehead atoms. The molecule has 0 unspecified atom stereocenters. The monoisotopic (exact) mass is 249 g/mol. The van der Waals surface area contributed by atoms with Crippen LogP contribution in [0.2, 0.25) is 0 Å². The molecule has 0 radical (unpaired) electrons. The van der Waals surface area contributed by atoms with Gasteiger partial charge in [-0.15, -0.1) is 0 Å². The van der Waals surface area contributed by atoms with E-state index >= 15 is 0 Å². The van der Waals surface area contributed by atoms with Crippen LogP contribution in [0.3, 0.4) is 0 Å². The first-order valence-electron chi connectivity index (χ1n) is 7.02. The van der Waals surface area contributed by atoms with Crippen molar-refractivity contribution in [1.29, 1.82) is 0 Å². The van der Waals surface area contributed by atoms with Crippen LogP contribution in [0, 0.1) is 6.92 Å². The van der Waals surface area contributed by atoms with Crippen LogP contribution < -0.4 is 10.2 Å². The Morgan fingerprint density at radius 1 is 1.28 bits per heavy atom. The third-order valence-corrected chi connectivity index (χ3v) is 2.91. The van der Waals surface area contributed by atoms with E-state index in [1.807, 2.05) is 0 Å². The third-order valence-electron chi connectivity index (χ3n) is 2.91. The van der Waals surface area contributed by atoms with Crippen molar-refractivity contribution in [3.8, 4) is 0 Å². The van der Waals surface area contributed by atoms with Crippen LogP contribution >= 0.6 is 0 Å². The molecule has 0 saturated carbocycles. The quantitative estimate of drug-likeness (QED) is 0.804. The minimum absolute atomic E-state index is 0.514. The van der Waals surface area contributed by atoms with Crippen molar-refractivity contribution in [3.63, 3.8) is 0 Å². The van der Waals surface area contributed by atoms with Crippen LogP contribution in [0.15, 0.2) is 12.1 Å². The maximum Gasteiger partial charge on any atom is 0.129 e. The molecule has 3 nitrogen and oxygen atoms in total. The highest BCUT2D eigenvalue weighted by atomic mass is 15.2. The maximum absolute atomic E-state index is 4.65. The fourth-order valence-electron chi connectivity index (χ4n) is 2.01. The Bertz CT molecular complexity index is 361. The van der Waals surface area contributed by atoms with Crippen LogP contribution in [0.5, 0.6) is 0 Å². The largest absolute Gasteiger partial charge is 0.357 e. The Kier molecular flexibility index (Phi) is 6.13. The van der Waals surface area contributed by atoms with Crippen LogP contribution in [-0.2, 0) is 6.54 Å². The second-order valence-corrected chi connectivity index (χ2v) is 5.09. The number of anilines is 1. The summed E-state index contributed by atoms with van der Waals surface area (Å²) in [5.41, 5.74) is 2.42. The molecule has 0 amide bonds. The lowest BCUT2D eigenvalue weighted by Gasteiger charge is -2.22. The normalized spacial score (nSPS) is 11.0. The van der Waals surface area contributed by atoms with E-state index in [9.17, 15) is 0 Å². The molecule has 1 N–H and O–H groups in total. The first-order chi connectivity index (χ1) is 8.56. The number of hydrogen-bond acceptors (Lipinski definition) is 3. The minimum Gasteiger partial charge on any atom is -0.357 e. The summed E-state index contributed by atoms with van der Waals surface area (Å²) >= 11 is 0. The smallest absolute Gasteiger partial charge is 0.129 e. The number of nitrogens with one attached hydrogen (secondary N) is 1. The SMILES string of the molecule is CCCN(CC)c1cc(CNC(C)C)cc(C)n1. The summed E-state index contributed by atoms with van der Waals surface area (Å²) in [5.74, 6) is 1.11. The lowest BCUT2D eigenvalue weighted by atomic mass is 10.2. The lowest BCUT2D eigenvalue weighted by molar-refractivity contribution is 0.588. The van der Waals surface area contributed by atoms with Gasteiger partial charge in [0, 0.05) is 31.4 Å². The molecule has 0 aliphatic heterocycles. The second kappa shape index (κ2) is 7.37. The number of aromatic nitrogens is 1. The Hall–Kier alpha value is -1.09. The van der Waals surface area contributed by atoms with Gasteiger partial charge in [-0.1, -0.05) is 20.8 Å². The van der Waals surface area contributed by atoms with E-state index < -0.39 is 0 Å². The molecule has 0 aliphatic carbocycles. The molecule has 1 heterocycles. The molecule has 1 aromatic rings. The zero-order chi connectivity index (χ0) is 13.5. The average Bonchev–Trinajstić information content (AvgIpc) is 2.32. The van der Waals surface area contributed by atoms with Gasteiger partial charge in [0.2, 0.25) is 0 Å². The molecule has 0 aromatic carbocycles. The van der Waals surface area contributed by atoms with Gasteiger partial charge in [-0.3, -0.25) is 0 Å². The van der Waals surface area contributed by atoms with Crippen molar-refractivity contribution in [3.05, 3.63) is 23.4 Å². The van der Waals surface area contributed by atoms with E-state index in [1.54, 1.807) is 0 Å². The van der Waals surface area contributed by atoms with E-state index in [0.717, 1.165) is 37.6 Å². The molecular formula is C15H27N3. The molecule has 1 aromatic heterocycles. The maximum atomic E-state index is 4.65. The summed E-state index contributed by atoms with van der Waals surface area (Å²) in [7, 11) is 0. The van der Waals surface area contributed by atoms with Crippen LogP contribution in [0.1, 0.15) is 45.4 Å². The Morgan fingerprint density at radius 2 is 2.00 bits per heavy atom. The summed E-state index contributed by atoms with van der Waals surface area (Å²) in [4.78, 5) is 6.99. The topological polar surface area (TPSA) is 28.2 Å². The second-order valence-electron chi connectivity index (χ2n) is 5.09. The van der Waals surface area contributed by atoms with Crippen molar-refractivity contribution < 1.29 is 0 Å². The molecular weight excluding hydrogens is 222 g/mol. The van der Waals surface area contributed by atoms with Gasteiger partial charge in [-0.2, -0.15) is 0 Å². The molecule has 102 valence electrons. The van der Waals surface area contributed by atoms with E-state index in [4.69, 9.17) is 0 Å². The average molecular weight is 249 g/mol. The van der Waals surface area contributed by atoms with Gasteiger partial charge < -0.3 is 10.2 Å². The summed E-state index contributed by atoms with van der Waals surface area (Å²) in [6.45, 7) is 13.8. The number of rotatable bonds is 7. The summed E-state index contributed by atoms with van der Waals surface area (Å²) in [6.07, 6.45) is 1.16. The summed E-state index contributed by atoms with van der Waals surface area (Å²) in [6, 6.07) is 4.89. The van der Waals surface area contributed by atoms with E-state index in [-0.39, 0.29) is 0 Å². The van der Waals surface area contributed by atoms with Crippen LogP contribution in [0.4, 0.5) is 5.82 Å². The van der Waals surface area contributed by atoms with Gasteiger partial charge in [0.1, 0.15) is 5.82 Å². The zero-order valence-corrected chi connectivity index (χ0v) is 12.5. The van der Waals surface area contributed by atoms with Crippen molar-refractivity contribution in [2.75, 3.05) is 18.0 Å². The van der Waals surface area contributed by atoms with E-state index in [1.165, 1.54) is 5.56 Å². The van der Waals surface area contributed by atoms with Crippen molar-refractivity contribution >= 4 is 5.82 Å². The van der Waals surface area contributed by atoms with Gasteiger partial charge >= 0.3 is 0 Å². The number of hydrogen-bond donors (Lipinski definition) is 1. The van der Waals surface area contributed by atoms with Crippen molar-refractivity contribution in [1.82, 2.24) is 10.3 Å². The molecule has 18 heavy (non-hydrogen) atoms. The number of pyridine rings is 1. The highest BCUT2D eigenvalue weighted by Gasteiger charge is 2.07. The first kappa shape index (κ1) is 15.0. The van der Waals surface area contributed by atoms with Crippen LogP contribution in [-0.4, -0.2) is 24.1 Å².